The summed E-state index contributed by atoms with van der Waals surface area (Å²) in [7, 11) is 0. The van der Waals surface area contributed by atoms with Crippen LogP contribution in [0, 0.1) is 0 Å². The van der Waals surface area contributed by atoms with Gasteiger partial charge in [-0.25, -0.2) is 4.94 Å². The van der Waals surface area contributed by atoms with E-state index in [0.717, 1.165) is 0 Å². The number of alkyl halides is 1. The third-order valence-corrected chi connectivity index (χ3v) is 0.602. The first-order valence-corrected chi connectivity index (χ1v) is 2.43. The minimum absolute atomic E-state index is 0.0588. The molecule has 0 aliphatic carbocycles. The molecule has 0 saturated heterocycles. The van der Waals surface area contributed by atoms with E-state index in [1.807, 2.05) is 6.92 Å². The molecule has 0 aromatic heterocycles. The average molecular weight is 125 g/mol. The fraction of sp³-hybridized carbons (Fsp3) is 1.00. The van der Waals surface area contributed by atoms with Gasteiger partial charge in [-0.2, -0.15) is 11.4 Å². The molecule has 7 heavy (non-hydrogen) atoms. The van der Waals surface area contributed by atoms with Crippen LogP contribution in [-0.4, -0.2) is 11.9 Å². The Kier molecular flexibility index (Phi) is 4.44. The van der Waals surface area contributed by atoms with E-state index in [2.05, 4.69) is 16.3 Å². The van der Waals surface area contributed by atoms with E-state index in [9.17, 15) is 0 Å². The van der Waals surface area contributed by atoms with Gasteiger partial charge in [0, 0.05) is 11.9 Å². The zero-order chi connectivity index (χ0) is 5.70. The van der Waals surface area contributed by atoms with Gasteiger partial charge in [-0.3, -0.25) is 0 Å². The van der Waals surface area contributed by atoms with Crippen LogP contribution in [0.3, 0.4) is 0 Å². The largest absolute Gasteiger partial charge is 0.217 e. The van der Waals surface area contributed by atoms with Crippen LogP contribution < -0.4 is 11.4 Å². The van der Waals surface area contributed by atoms with E-state index < -0.39 is 0 Å². The Balaban J connectivity index is 2.68. The third-order valence-electron chi connectivity index (χ3n) is 0.448. The minimum atomic E-state index is 0.0588. The van der Waals surface area contributed by atoms with E-state index in [-0.39, 0.29) is 5.38 Å². The Bertz CT molecular complexity index is 41.9. The molecule has 3 N–H and O–H groups in total. The van der Waals surface area contributed by atoms with Gasteiger partial charge in [-0.15, -0.1) is 11.6 Å². The monoisotopic (exact) mass is 124 g/mol. The van der Waals surface area contributed by atoms with E-state index >= 15 is 0 Å². The topological polar surface area (TPSA) is 47.3 Å². The maximum atomic E-state index is 5.46. The minimum Gasteiger partial charge on any atom is -0.217 e. The molecule has 0 saturated carbocycles. The molecule has 0 aromatic rings. The van der Waals surface area contributed by atoms with Crippen LogP contribution in [0.5, 0.6) is 0 Å². The van der Waals surface area contributed by atoms with Crippen molar-refractivity contribution in [3.63, 3.8) is 0 Å². The maximum absolute atomic E-state index is 5.46. The van der Waals surface area contributed by atoms with Crippen LogP contribution in [0.1, 0.15) is 6.92 Å². The summed E-state index contributed by atoms with van der Waals surface area (Å²) in [6, 6.07) is 0. The lowest BCUT2D eigenvalue weighted by Gasteiger charge is -1.99. The lowest BCUT2D eigenvalue weighted by atomic mass is 10.5. The number of halogens is 1. The predicted octanol–water partition coefficient (Wildman–Crippen LogP) is 0.00860. The van der Waals surface area contributed by atoms with Crippen molar-refractivity contribution in [3.8, 4) is 0 Å². The predicted molar refractivity (Wildman–Crippen MR) is 28.6 cm³/mol. The Hall–Kier alpha value is 0.170. The molecule has 1 atom stereocenters. The molecule has 0 radical (unpaired) electrons. The van der Waals surface area contributed by atoms with Gasteiger partial charge in [0.2, 0.25) is 0 Å². The Morgan fingerprint density at radius 2 is 2.57 bits per heavy atom. The zero-order valence-corrected chi connectivity index (χ0v) is 4.90. The molecule has 0 amide bonds. The van der Waals surface area contributed by atoms with Crippen molar-refractivity contribution in [1.29, 1.82) is 0 Å². The SMILES string of the molecule is CC(Cl)CNON. The van der Waals surface area contributed by atoms with Crippen molar-refractivity contribution in [2.75, 3.05) is 6.54 Å². The van der Waals surface area contributed by atoms with Gasteiger partial charge in [0.05, 0.1) is 0 Å². The number of hydrogen-bond donors (Lipinski definition) is 2. The van der Waals surface area contributed by atoms with Crippen LogP contribution in [0.25, 0.3) is 0 Å². The van der Waals surface area contributed by atoms with Crippen LogP contribution >= 0.6 is 11.6 Å². The quantitative estimate of drug-likeness (QED) is 0.412. The van der Waals surface area contributed by atoms with Crippen molar-refractivity contribution in [2.45, 2.75) is 12.3 Å². The van der Waals surface area contributed by atoms with Gasteiger partial charge in [-0.1, -0.05) is 0 Å². The molecule has 44 valence electrons. The van der Waals surface area contributed by atoms with Crippen molar-refractivity contribution in [1.82, 2.24) is 5.48 Å². The van der Waals surface area contributed by atoms with E-state index in [1.54, 1.807) is 0 Å². The summed E-state index contributed by atoms with van der Waals surface area (Å²) in [5.41, 5.74) is 2.39. The molecule has 0 aliphatic rings. The van der Waals surface area contributed by atoms with Crippen LogP contribution in [0.15, 0.2) is 0 Å². The molecule has 0 aliphatic heterocycles. The van der Waals surface area contributed by atoms with Gasteiger partial charge in [0.25, 0.3) is 0 Å². The highest BCUT2D eigenvalue weighted by Gasteiger charge is 1.90. The highest BCUT2D eigenvalue weighted by atomic mass is 35.5. The fourth-order valence-corrected chi connectivity index (χ4v) is 0.226. The Morgan fingerprint density at radius 3 is 2.71 bits per heavy atom. The van der Waals surface area contributed by atoms with Gasteiger partial charge in [0.1, 0.15) is 0 Å². The van der Waals surface area contributed by atoms with Crippen LogP contribution in [0.4, 0.5) is 0 Å². The lowest BCUT2D eigenvalue weighted by Crippen LogP contribution is -2.24. The van der Waals surface area contributed by atoms with Crippen molar-refractivity contribution in [3.05, 3.63) is 0 Å². The molecule has 4 heteroatoms. The normalized spacial score (nSPS) is 14.1. The lowest BCUT2D eigenvalue weighted by molar-refractivity contribution is 0.0418. The third kappa shape index (κ3) is 6.17. The number of nitrogens with two attached hydrogens (primary N) is 1. The fourth-order valence-electron chi connectivity index (χ4n) is 0.163. The number of hydrogen-bond acceptors (Lipinski definition) is 3. The second-order valence-electron chi connectivity index (χ2n) is 1.25. The molecule has 0 fully saturated rings. The van der Waals surface area contributed by atoms with Crippen molar-refractivity contribution in [2.24, 2.45) is 5.90 Å². The Morgan fingerprint density at radius 1 is 2.00 bits per heavy atom. The molecule has 0 rings (SSSR count). The molecule has 3 nitrogen and oxygen atoms in total. The number of nitrogens with one attached hydrogen (secondary N) is 1. The summed E-state index contributed by atoms with van der Waals surface area (Å²) in [6.45, 7) is 2.41. The summed E-state index contributed by atoms with van der Waals surface area (Å²) in [6.07, 6.45) is 0. The highest BCUT2D eigenvalue weighted by Crippen LogP contribution is 1.87. The van der Waals surface area contributed by atoms with Crippen LogP contribution in [0.2, 0.25) is 0 Å². The Labute approximate surface area is 47.7 Å². The molecule has 0 heterocycles. The maximum Gasteiger partial charge on any atom is 0.0456 e. The summed E-state index contributed by atoms with van der Waals surface area (Å²) in [5.74, 6) is 4.61. The average Bonchev–Trinajstić information content (AvgIpc) is 1.61. The second kappa shape index (κ2) is 4.33. The summed E-state index contributed by atoms with van der Waals surface area (Å²) >= 11 is 5.46. The smallest absolute Gasteiger partial charge is 0.0456 e. The molecule has 0 spiro atoms. The first-order valence-electron chi connectivity index (χ1n) is 2.00. The first kappa shape index (κ1) is 7.17. The number of rotatable bonds is 3. The first-order chi connectivity index (χ1) is 3.27. The standard InChI is InChI=1S/C3H9ClN2O/c1-3(4)2-6-7-5/h3,6H,2,5H2,1H3. The second-order valence-corrected chi connectivity index (χ2v) is 1.99. The van der Waals surface area contributed by atoms with Gasteiger partial charge < -0.3 is 0 Å². The molecular formula is C3H9ClN2O. The van der Waals surface area contributed by atoms with Gasteiger partial charge in [0.15, 0.2) is 0 Å². The van der Waals surface area contributed by atoms with E-state index in [1.165, 1.54) is 0 Å². The van der Waals surface area contributed by atoms with E-state index in [4.69, 9.17) is 11.6 Å². The van der Waals surface area contributed by atoms with Gasteiger partial charge in [-0.05, 0) is 6.92 Å². The van der Waals surface area contributed by atoms with Crippen LogP contribution in [-0.2, 0) is 4.94 Å². The molecule has 1 unspecified atom stereocenters. The summed E-state index contributed by atoms with van der Waals surface area (Å²) in [4.78, 5) is 4.02. The van der Waals surface area contributed by atoms with Crippen molar-refractivity contribution >= 4 is 11.6 Å². The zero-order valence-electron chi connectivity index (χ0n) is 4.15. The van der Waals surface area contributed by atoms with Crippen molar-refractivity contribution < 1.29 is 4.94 Å². The van der Waals surface area contributed by atoms with E-state index in [0.29, 0.717) is 6.54 Å². The molecule has 0 bridgehead atoms. The number of hydroxylamine groups is 1. The molecule has 0 aromatic carbocycles. The summed E-state index contributed by atoms with van der Waals surface area (Å²) in [5, 5.41) is 0.0588. The molecular weight excluding hydrogens is 115 g/mol. The highest BCUT2D eigenvalue weighted by molar-refractivity contribution is 6.20. The summed E-state index contributed by atoms with van der Waals surface area (Å²) < 4.78 is 0. The van der Waals surface area contributed by atoms with Gasteiger partial charge >= 0.3 is 0 Å².